The van der Waals surface area contributed by atoms with Crippen molar-refractivity contribution in [2.24, 2.45) is 0 Å². The minimum absolute atomic E-state index is 0.0361. The Morgan fingerprint density at radius 1 is 1.25 bits per heavy atom. The summed E-state index contributed by atoms with van der Waals surface area (Å²) in [4.78, 5) is 19.0. The van der Waals surface area contributed by atoms with Gasteiger partial charge < -0.3 is 10.1 Å². The summed E-state index contributed by atoms with van der Waals surface area (Å²) in [7, 11) is 0. The van der Waals surface area contributed by atoms with Crippen LogP contribution in [0.15, 0.2) is 60.5 Å². The number of allylic oxidation sites excluding steroid dienone is 2. The topological polar surface area (TPSA) is 56.7 Å². The van der Waals surface area contributed by atoms with Crippen LogP contribution < -0.4 is 0 Å². The Morgan fingerprint density at radius 2 is 2.07 bits per heavy atom. The molecule has 2 aliphatic rings. The number of halogens is 3. The van der Waals surface area contributed by atoms with E-state index >= 15 is 0 Å². The zero-order valence-electron chi connectivity index (χ0n) is 14.6. The molecule has 1 saturated heterocycles. The summed E-state index contributed by atoms with van der Waals surface area (Å²) >= 11 is 12.0. The number of carbonyl (C=O) groups excluding carboxylic acids is 1. The van der Waals surface area contributed by atoms with Gasteiger partial charge >= 0.3 is 0 Å². The standard InChI is InChI=1S/C20H16Cl2FN3O2/c21-13-4-3-5-14(23)18(13)19-20(27)15-6-1-2-9-25(15)17(26(19)28)10-12-7-8-16(22)24-11-12/h1-8,11,17,19,28H,9-10H2. The van der Waals surface area contributed by atoms with Crippen LogP contribution in [0, 0.1) is 5.82 Å². The van der Waals surface area contributed by atoms with E-state index in [0.717, 1.165) is 10.6 Å². The third-order valence-corrected chi connectivity index (χ3v) is 5.47. The minimum Gasteiger partial charge on any atom is -0.347 e. The van der Waals surface area contributed by atoms with E-state index in [0.29, 0.717) is 23.8 Å². The van der Waals surface area contributed by atoms with Gasteiger partial charge in [0.25, 0.3) is 0 Å². The summed E-state index contributed by atoms with van der Waals surface area (Å²) in [5, 5.41) is 12.3. The molecular formula is C20H16Cl2FN3O2. The maximum atomic E-state index is 14.6. The summed E-state index contributed by atoms with van der Waals surface area (Å²) in [6.45, 7) is 0.443. The smallest absolute Gasteiger partial charge is 0.203 e. The number of hydrogen-bond acceptors (Lipinski definition) is 5. The van der Waals surface area contributed by atoms with Crippen molar-refractivity contribution in [3.8, 4) is 0 Å². The van der Waals surface area contributed by atoms with Gasteiger partial charge in [0.15, 0.2) is 0 Å². The van der Waals surface area contributed by atoms with Gasteiger partial charge in [-0.25, -0.2) is 9.37 Å². The molecule has 1 aromatic carbocycles. The molecule has 144 valence electrons. The number of pyridine rings is 1. The van der Waals surface area contributed by atoms with Gasteiger partial charge in [0.05, 0.1) is 5.70 Å². The van der Waals surface area contributed by atoms with Crippen molar-refractivity contribution in [1.29, 1.82) is 0 Å². The summed E-state index contributed by atoms with van der Waals surface area (Å²) in [6.07, 6.45) is 6.68. The van der Waals surface area contributed by atoms with E-state index in [1.165, 1.54) is 18.2 Å². The fraction of sp³-hybridized carbons (Fsp3) is 0.200. The molecule has 0 radical (unpaired) electrons. The molecule has 0 aliphatic carbocycles. The molecule has 3 heterocycles. The molecule has 1 aromatic heterocycles. The van der Waals surface area contributed by atoms with Crippen LogP contribution in [0.4, 0.5) is 4.39 Å². The second-order valence-corrected chi connectivity index (χ2v) is 7.38. The quantitative estimate of drug-likeness (QED) is 0.756. The lowest BCUT2D eigenvalue weighted by Gasteiger charge is -2.47. The monoisotopic (exact) mass is 419 g/mol. The third kappa shape index (κ3) is 3.33. The Bertz CT molecular complexity index is 958. The minimum atomic E-state index is -1.24. The van der Waals surface area contributed by atoms with Crippen LogP contribution in [-0.4, -0.2) is 38.6 Å². The summed E-state index contributed by atoms with van der Waals surface area (Å²) in [5.41, 5.74) is 1.19. The van der Waals surface area contributed by atoms with E-state index in [1.54, 1.807) is 35.4 Å². The van der Waals surface area contributed by atoms with Gasteiger partial charge in [-0.1, -0.05) is 47.5 Å². The van der Waals surface area contributed by atoms with Gasteiger partial charge in [0.2, 0.25) is 5.78 Å². The second-order valence-electron chi connectivity index (χ2n) is 6.59. The zero-order valence-corrected chi connectivity index (χ0v) is 16.1. The fourth-order valence-corrected chi connectivity index (χ4v) is 3.96. The van der Waals surface area contributed by atoms with Crippen molar-refractivity contribution in [3.63, 3.8) is 0 Å². The number of aromatic nitrogens is 1. The molecule has 1 fully saturated rings. The van der Waals surface area contributed by atoms with Crippen LogP contribution in [0.2, 0.25) is 10.2 Å². The van der Waals surface area contributed by atoms with Crippen molar-refractivity contribution in [1.82, 2.24) is 14.9 Å². The van der Waals surface area contributed by atoms with Crippen molar-refractivity contribution < 1.29 is 14.4 Å². The number of nitrogens with zero attached hydrogens (tertiary/aromatic N) is 3. The Labute approximate surface area is 171 Å². The molecule has 0 saturated carbocycles. The van der Waals surface area contributed by atoms with Crippen LogP contribution in [0.3, 0.4) is 0 Å². The van der Waals surface area contributed by atoms with Crippen molar-refractivity contribution in [2.75, 3.05) is 6.54 Å². The Kier molecular flexibility index (Phi) is 5.21. The lowest BCUT2D eigenvalue weighted by Crippen LogP contribution is -2.57. The number of rotatable bonds is 3. The zero-order chi connectivity index (χ0) is 19.8. The van der Waals surface area contributed by atoms with Crippen molar-refractivity contribution in [3.05, 3.63) is 87.6 Å². The first-order valence-corrected chi connectivity index (χ1v) is 9.42. The second kappa shape index (κ2) is 7.64. The van der Waals surface area contributed by atoms with E-state index in [4.69, 9.17) is 23.2 Å². The van der Waals surface area contributed by atoms with Crippen molar-refractivity contribution >= 4 is 29.0 Å². The third-order valence-electron chi connectivity index (χ3n) is 4.91. The first-order chi connectivity index (χ1) is 13.5. The van der Waals surface area contributed by atoms with Gasteiger partial charge in [0.1, 0.15) is 23.2 Å². The van der Waals surface area contributed by atoms with Gasteiger partial charge in [-0.05, 0) is 29.8 Å². The average Bonchev–Trinajstić information content (AvgIpc) is 2.69. The summed E-state index contributed by atoms with van der Waals surface area (Å²) in [6, 6.07) is 6.40. The molecule has 2 unspecified atom stereocenters. The van der Waals surface area contributed by atoms with Crippen LogP contribution in [-0.2, 0) is 11.2 Å². The molecule has 0 spiro atoms. The van der Waals surface area contributed by atoms with E-state index < -0.39 is 23.8 Å². The van der Waals surface area contributed by atoms with Gasteiger partial charge in [-0.3, -0.25) is 4.79 Å². The molecule has 2 aliphatic heterocycles. The SMILES string of the molecule is O=C1C2=CC=CCN2C(Cc2ccc(Cl)nc2)N(O)C1c1c(F)cccc1Cl. The maximum Gasteiger partial charge on any atom is 0.203 e. The predicted molar refractivity (Wildman–Crippen MR) is 103 cm³/mol. The first-order valence-electron chi connectivity index (χ1n) is 8.66. The van der Waals surface area contributed by atoms with Crippen molar-refractivity contribution in [2.45, 2.75) is 18.6 Å². The van der Waals surface area contributed by atoms with Crippen LogP contribution in [0.25, 0.3) is 0 Å². The highest BCUT2D eigenvalue weighted by Crippen LogP contribution is 2.39. The largest absolute Gasteiger partial charge is 0.347 e. The molecule has 0 bridgehead atoms. The van der Waals surface area contributed by atoms with E-state index in [1.807, 2.05) is 6.08 Å². The maximum absolute atomic E-state index is 14.6. The molecule has 5 nitrogen and oxygen atoms in total. The molecular weight excluding hydrogens is 404 g/mol. The van der Waals surface area contributed by atoms with Crippen LogP contribution in [0.1, 0.15) is 17.2 Å². The number of Topliss-reactive ketones (excluding diaryl/α,β-unsaturated/α-hetero) is 1. The fourth-order valence-electron chi connectivity index (χ4n) is 3.59. The summed E-state index contributed by atoms with van der Waals surface area (Å²) < 4.78 is 14.6. The number of hydrogen-bond donors (Lipinski definition) is 1. The number of hydroxylamine groups is 2. The highest BCUT2D eigenvalue weighted by atomic mass is 35.5. The van der Waals surface area contributed by atoms with Gasteiger partial charge in [-0.15, -0.1) is 0 Å². The first kappa shape index (κ1) is 19.1. The normalized spacial score (nSPS) is 22.2. The van der Waals surface area contributed by atoms with Gasteiger partial charge in [-0.2, -0.15) is 5.06 Å². The Hall–Kier alpha value is -2.25. The molecule has 2 atom stereocenters. The average molecular weight is 420 g/mol. The van der Waals surface area contributed by atoms with Gasteiger partial charge in [0, 0.05) is 29.7 Å². The lowest BCUT2D eigenvalue weighted by molar-refractivity contribution is -0.209. The van der Waals surface area contributed by atoms with E-state index in [2.05, 4.69) is 4.98 Å². The number of benzene rings is 1. The lowest BCUT2D eigenvalue weighted by atomic mass is 9.92. The Morgan fingerprint density at radius 3 is 2.79 bits per heavy atom. The highest BCUT2D eigenvalue weighted by molar-refractivity contribution is 6.31. The molecule has 4 rings (SSSR count). The van der Waals surface area contributed by atoms with Crippen LogP contribution in [0.5, 0.6) is 0 Å². The molecule has 8 heteroatoms. The number of fused-ring (bicyclic) bond motifs is 1. The summed E-state index contributed by atoms with van der Waals surface area (Å²) in [5.74, 6) is -1.05. The molecule has 2 aromatic rings. The highest BCUT2D eigenvalue weighted by Gasteiger charge is 2.45. The molecule has 1 N–H and O–H groups in total. The van der Waals surface area contributed by atoms with E-state index in [-0.39, 0.29) is 10.6 Å². The number of ketones is 1. The predicted octanol–water partition coefficient (Wildman–Crippen LogP) is 4.17. The Balaban J connectivity index is 1.77. The number of carbonyl (C=O) groups is 1. The molecule has 28 heavy (non-hydrogen) atoms. The van der Waals surface area contributed by atoms with E-state index in [9.17, 15) is 14.4 Å². The molecule has 0 amide bonds. The van der Waals surface area contributed by atoms with Crippen LogP contribution >= 0.6 is 23.2 Å².